The molecule has 0 amide bonds. The van der Waals surface area contributed by atoms with Crippen LogP contribution < -0.4 is 10.6 Å². The van der Waals surface area contributed by atoms with Gasteiger partial charge in [0.15, 0.2) is 0 Å². The van der Waals surface area contributed by atoms with Crippen LogP contribution in [0.15, 0.2) is 18.3 Å². The van der Waals surface area contributed by atoms with Crippen molar-refractivity contribution in [3.63, 3.8) is 0 Å². The van der Waals surface area contributed by atoms with Crippen LogP contribution in [0, 0.1) is 5.92 Å². The fourth-order valence-corrected chi connectivity index (χ4v) is 2.21. The molecule has 0 bridgehead atoms. The van der Waals surface area contributed by atoms with Crippen molar-refractivity contribution in [2.24, 2.45) is 11.7 Å². The minimum absolute atomic E-state index is 0.255. The largest absolute Gasteiger partial charge is 0.465 e. The first-order valence-electron chi connectivity index (χ1n) is 6.16. The summed E-state index contributed by atoms with van der Waals surface area (Å²) in [6, 6.07) is 3.69. The van der Waals surface area contributed by atoms with E-state index in [1.807, 2.05) is 0 Å². The van der Waals surface area contributed by atoms with Gasteiger partial charge in [0.05, 0.1) is 12.7 Å². The molecule has 5 nitrogen and oxygen atoms in total. The Hall–Kier alpha value is -1.62. The number of methoxy groups -OCH3 is 1. The van der Waals surface area contributed by atoms with Crippen LogP contribution in [0.2, 0.25) is 0 Å². The Labute approximate surface area is 107 Å². The molecule has 98 valence electrons. The fraction of sp³-hybridized carbons (Fsp3) is 0.538. The Kier molecular flexibility index (Phi) is 3.81. The van der Waals surface area contributed by atoms with Gasteiger partial charge in [0, 0.05) is 25.3 Å². The predicted octanol–water partition coefficient (Wildman–Crippen LogP) is 1.04. The molecule has 0 saturated carbocycles. The Morgan fingerprint density at radius 2 is 2.39 bits per heavy atom. The van der Waals surface area contributed by atoms with E-state index in [0.717, 1.165) is 25.3 Å². The number of rotatable bonds is 2. The first kappa shape index (κ1) is 12.8. The second-order valence-electron chi connectivity index (χ2n) is 4.77. The van der Waals surface area contributed by atoms with E-state index in [2.05, 4.69) is 16.8 Å². The van der Waals surface area contributed by atoms with Crippen molar-refractivity contribution in [3.8, 4) is 0 Å². The molecule has 0 aliphatic carbocycles. The summed E-state index contributed by atoms with van der Waals surface area (Å²) in [7, 11) is 1.38. The molecule has 0 aromatic carbocycles. The first-order chi connectivity index (χ1) is 8.61. The van der Waals surface area contributed by atoms with Gasteiger partial charge < -0.3 is 15.4 Å². The Morgan fingerprint density at radius 1 is 1.61 bits per heavy atom. The average Bonchev–Trinajstić information content (AvgIpc) is 2.41. The van der Waals surface area contributed by atoms with Crippen LogP contribution in [-0.2, 0) is 4.74 Å². The van der Waals surface area contributed by atoms with Crippen molar-refractivity contribution in [1.29, 1.82) is 0 Å². The molecule has 2 atom stereocenters. The van der Waals surface area contributed by atoms with E-state index in [1.54, 1.807) is 18.3 Å². The number of esters is 1. The average molecular weight is 249 g/mol. The summed E-state index contributed by atoms with van der Waals surface area (Å²) in [5.74, 6) is 0.916. The van der Waals surface area contributed by atoms with Crippen LogP contribution in [0.3, 0.4) is 0 Å². The molecule has 5 heteroatoms. The van der Waals surface area contributed by atoms with Crippen molar-refractivity contribution < 1.29 is 9.53 Å². The number of anilines is 1. The SMILES string of the molecule is COC(=O)c1ccnc(N2CCC(N)C(C)C2)c1. The molecule has 2 unspecified atom stereocenters. The minimum atomic E-state index is -0.333. The molecule has 2 rings (SSSR count). The maximum absolute atomic E-state index is 11.5. The number of nitrogens with two attached hydrogens (primary N) is 1. The maximum Gasteiger partial charge on any atom is 0.338 e. The Balaban J connectivity index is 2.16. The third-order valence-electron chi connectivity index (χ3n) is 3.46. The first-order valence-corrected chi connectivity index (χ1v) is 6.16. The van der Waals surface area contributed by atoms with Crippen molar-refractivity contribution in [2.75, 3.05) is 25.1 Å². The smallest absolute Gasteiger partial charge is 0.338 e. The van der Waals surface area contributed by atoms with Gasteiger partial charge in [0.1, 0.15) is 5.82 Å². The number of ether oxygens (including phenoxy) is 1. The molecule has 0 radical (unpaired) electrons. The maximum atomic E-state index is 11.5. The normalized spacial score (nSPS) is 23.8. The summed E-state index contributed by atoms with van der Waals surface area (Å²) in [4.78, 5) is 18.0. The number of piperidine rings is 1. The van der Waals surface area contributed by atoms with Crippen molar-refractivity contribution in [2.45, 2.75) is 19.4 Å². The third kappa shape index (κ3) is 2.61. The number of carbonyl (C=O) groups is 1. The van der Waals surface area contributed by atoms with Gasteiger partial charge in [0.25, 0.3) is 0 Å². The highest BCUT2D eigenvalue weighted by molar-refractivity contribution is 5.90. The van der Waals surface area contributed by atoms with Gasteiger partial charge in [-0.2, -0.15) is 0 Å². The van der Waals surface area contributed by atoms with Gasteiger partial charge >= 0.3 is 5.97 Å². The summed E-state index contributed by atoms with van der Waals surface area (Å²) < 4.78 is 4.71. The van der Waals surface area contributed by atoms with Crippen LogP contribution in [-0.4, -0.2) is 37.2 Å². The minimum Gasteiger partial charge on any atom is -0.465 e. The second kappa shape index (κ2) is 5.35. The summed E-state index contributed by atoms with van der Waals surface area (Å²) >= 11 is 0. The molecule has 2 heterocycles. The van der Waals surface area contributed by atoms with E-state index in [9.17, 15) is 4.79 Å². The van der Waals surface area contributed by atoms with Crippen LogP contribution >= 0.6 is 0 Å². The van der Waals surface area contributed by atoms with Gasteiger partial charge in [-0.15, -0.1) is 0 Å². The van der Waals surface area contributed by atoms with Crippen LogP contribution in [0.1, 0.15) is 23.7 Å². The standard InChI is InChI=1S/C13H19N3O2/c1-9-8-16(6-4-11(9)14)12-7-10(3-5-15-12)13(17)18-2/h3,5,7,9,11H,4,6,8,14H2,1-2H3. The van der Waals surface area contributed by atoms with Crippen LogP contribution in [0.4, 0.5) is 5.82 Å². The van der Waals surface area contributed by atoms with Crippen molar-refractivity contribution >= 4 is 11.8 Å². The number of hydrogen-bond donors (Lipinski definition) is 1. The number of pyridine rings is 1. The lowest BCUT2D eigenvalue weighted by Gasteiger charge is -2.35. The number of carbonyl (C=O) groups excluding carboxylic acids is 1. The molecular weight excluding hydrogens is 230 g/mol. The van der Waals surface area contributed by atoms with E-state index in [4.69, 9.17) is 10.5 Å². The van der Waals surface area contributed by atoms with Gasteiger partial charge in [-0.1, -0.05) is 6.92 Å². The second-order valence-corrected chi connectivity index (χ2v) is 4.77. The molecule has 1 aliphatic heterocycles. The summed E-state index contributed by atoms with van der Waals surface area (Å²) in [5.41, 5.74) is 6.53. The molecule has 1 aromatic heterocycles. The van der Waals surface area contributed by atoms with Crippen LogP contribution in [0.5, 0.6) is 0 Å². The van der Waals surface area contributed by atoms with Crippen LogP contribution in [0.25, 0.3) is 0 Å². The molecular formula is C13H19N3O2. The van der Waals surface area contributed by atoms with Gasteiger partial charge in [0.2, 0.25) is 0 Å². The van der Waals surface area contributed by atoms with Crippen molar-refractivity contribution in [3.05, 3.63) is 23.9 Å². The zero-order valence-corrected chi connectivity index (χ0v) is 10.8. The predicted molar refractivity (Wildman–Crippen MR) is 69.5 cm³/mol. The number of hydrogen-bond acceptors (Lipinski definition) is 5. The topological polar surface area (TPSA) is 68.5 Å². The lowest BCUT2D eigenvalue weighted by Crippen LogP contribution is -2.46. The van der Waals surface area contributed by atoms with E-state index in [1.165, 1.54) is 7.11 Å². The van der Waals surface area contributed by atoms with E-state index in [-0.39, 0.29) is 12.0 Å². The lowest BCUT2D eigenvalue weighted by molar-refractivity contribution is 0.0600. The van der Waals surface area contributed by atoms with E-state index >= 15 is 0 Å². The zero-order chi connectivity index (χ0) is 13.1. The summed E-state index contributed by atoms with van der Waals surface area (Å²) in [6.45, 7) is 3.89. The van der Waals surface area contributed by atoms with E-state index < -0.39 is 0 Å². The highest BCUT2D eigenvalue weighted by Gasteiger charge is 2.24. The molecule has 1 aliphatic rings. The Bertz CT molecular complexity index is 436. The molecule has 1 aromatic rings. The highest BCUT2D eigenvalue weighted by Crippen LogP contribution is 2.21. The van der Waals surface area contributed by atoms with Gasteiger partial charge in [-0.3, -0.25) is 0 Å². The molecule has 18 heavy (non-hydrogen) atoms. The fourth-order valence-electron chi connectivity index (χ4n) is 2.21. The molecule has 1 fully saturated rings. The quantitative estimate of drug-likeness (QED) is 0.793. The number of aromatic nitrogens is 1. The Morgan fingerprint density at radius 3 is 3.06 bits per heavy atom. The highest BCUT2D eigenvalue weighted by atomic mass is 16.5. The molecule has 0 spiro atoms. The lowest BCUT2D eigenvalue weighted by atomic mass is 9.95. The summed E-state index contributed by atoms with van der Waals surface area (Å²) in [6.07, 6.45) is 2.59. The summed E-state index contributed by atoms with van der Waals surface area (Å²) in [5, 5.41) is 0. The van der Waals surface area contributed by atoms with Crippen molar-refractivity contribution in [1.82, 2.24) is 4.98 Å². The van der Waals surface area contributed by atoms with E-state index in [0.29, 0.717) is 11.5 Å². The number of nitrogens with zero attached hydrogens (tertiary/aromatic N) is 2. The van der Waals surface area contributed by atoms with Gasteiger partial charge in [-0.05, 0) is 24.5 Å². The molecule has 2 N–H and O–H groups in total. The zero-order valence-electron chi connectivity index (χ0n) is 10.8. The monoisotopic (exact) mass is 249 g/mol. The van der Waals surface area contributed by atoms with Gasteiger partial charge in [-0.25, -0.2) is 9.78 Å². The third-order valence-corrected chi connectivity index (χ3v) is 3.46. The molecule has 1 saturated heterocycles.